The molecule has 0 aliphatic carbocycles. The van der Waals surface area contributed by atoms with Crippen LogP contribution in [0.25, 0.3) is 11.3 Å². The van der Waals surface area contributed by atoms with Crippen molar-refractivity contribution in [1.82, 2.24) is 10.2 Å². The standard InChI is InChI=1S/C16H8F4N2O/c17-10-1-8(2-11(18)5-10)15-14(7-21-22-15)16(23)9-3-12(19)6-13(20)4-9/h1-7H,(H,21,22). The van der Waals surface area contributed by atoms with Crippen LogP contribution in [0.4, 0.5) is 17.6 Å². The van der Waals surface area contributed by atoms with Gasteiger partial charge in [-0.05, 0) is 24.3 Å². The van der Waals surface area contributed by atoms with Crippen LogP contribution in [0.3, 0.4) is 0 Å². The van der Waals surface area contributed by atoms with Crippen molar-refractivity contribution in [1.29, 1.82) is 0 Å². The molecule has 3 nitrogen and oxygen atoms in total. The minimum Gasteiger partial charge on any atom is -0.288 e. The lowest BCUT2D eigenvalue weighted by Gasteiger charge is -2.04. The highest BCUT2D eigenvalue weighted by Gasteiger charge is 2.19. The predicted octanol–water partition coefficient (Wildman–Crippen LogP) is 3.86. The summed E-state index contributed by atoms with van der Waals surface area (Å²) in [6, 6.07) is 5.06. The fraction of sp³-hybridized carbons (Fsp3) is 0. The third-order valence-corrected chi connectivity index (χ3v) is 3.15. The molecule has 1 heterocycles. The Labute approximate surface area is 127 Å². The summed E-state index contributed by atoms with van der Waals surface area (Å²) < 4.78 is 53.1. The third-order valence-electron chi connectivity index (χ3n) is 3.15. The minimum absolute atomic E-state index is 0.0157. The van der Waals surface area contributed by atoms with E-state index in [9.17, 15) is 22.4 Å². The van der Waals surface area contributed by atoms with Gasteiger partial charge in [0, 0.05) is 29.5 Å². The van der Waals surface area contributed by atoms with Crippen molar-refractivity contribution in [3.63, 3.8) is 0 Å². The Kier molecular flexibility index (Phi) is 3.69. The van der Waals surface area contributed by atoms with Gasteiger partial charge in [0.25, 0.3) is 0 Å². The molecule has 1 aromatic heterocycles. The summed E-state index contributed by atoms with van der Waals surface area (Å²) in [5, 5.41) is 6.21. The molecule has 0 unspecified atom stereocenters. The summed E-state index contributed by atoms with van der Waals surface area (Å²) in [6.07, 6.45) is 1.20. The van der Waals surface area contributed by atoms with Crippen LogP contribution in [0.5, 0.6) is 0 Å². The van der Waals surface area contributed by atoms with Gasteiger partial charge in [0.1, 0.15) is 29.0 Å². The highest BCUT2D eigenvalue weighted by Crippen LogP contribution is 2.25. The predicted molar refractivity (Wildman–Crippen MR) is 73.7 cm³/mol. The van der Waals surface area contributed by atoms with Crippen LogP contribution >= 0.6 is 0 Å². The van der Waals surface area contributed by atoms with E-state index in [0.717, 1.165) is 24.3 Å². The number of aromatic amines is 1. The van der Waals surface area contributed by atoms with Gasteiger partial charge in [-0.1, -0.05) is 0 Å². The molecule has 2 aromatic carbocycles. The zero-order valence-electron chi connectivity index (χ0n) is 11.4. The van der Waals surface area contributed by atoms with Gasteiger partial charge in [-0.25, -0.2) is 17.6 Å². The molecule has 0 fully saturated rings. The first-order valence-electron chi connectivity index (χ1n) is 6.45. The lowest BCUT2D eigenvalue weighted by atomic mass is 10.00. The van der Waals surface area contributed by atoms with Crippen LogP contribution in [0, 0.1) is 23.3 Å². The average Bonchev–Trinajstić information content (AvgIpc) is 2.93. The minimum atomic E-state index is -0.907. The molecule has 116 valence electrons. The van der Waals surface area contributed by atoms with Crippen molar-refractivity contribution in [3.05, 3.63) is 77.0 Å². The largest absolute Gasteiger partial charge is 0.288 e. The third kappa shape index (κ3) is 2.98. The Balaban J connectivity index is 2.08. The lowest BCUT2D eigenvalue weighted by molar-refractivity contribution is 0.103. The van der Waals surface area contributed by atoms with E-state index in [-0.39, 0.29) is 22.4 Å². The van der Waals surface area contributed by atoms with Gasteiger partial charge in [-0.15, -0.1) is 0 Å². The summed E-state index contributed by atoms with van der Waals surface area (Å²) in [5.41, 5.74) is -0.274. The molecule has 0 bridgehead atoms. The second-order valence-electron chi connectivity index (χ2n) is 4.79. The van der Waals surface area contributed by atoms with E-state index in [1.165, 1.54) is 6.20 Å². The van der Waals surface area contributed by atoms with Crippen LogP contribution in [-0.4, -0.2) is 16.0 Å². The van der Waals surface area contributed by atoms with Crippen LogP contribution in [0.2, 0.25) is 0 Å². The molecule has 0 spiro atoms. The van der Waals surface area contributed by atoms with Gasteiger partial charge >= 0.3 is 0 Å². The number of rotatable bonds is 3. The molecule has 0 amide bonds. The van der Waals surface area contributed by atoms with Gasteiger partial charge in [0.15, 0.2) is 5.78 Å². The first-order valence-corrected chi connectivity index (χ1v) is 6.45. The fourth-order valence-corrected chi connectivity index (χ4v) is 2.21. The lowest BCUT2D eigenvalue weighted by Crippen LogP contribution is -2.03. The average molecular weight is 320 g/mol. The molecule has 7 heteroatoms. The fourth-order valence-electron chi connectivity index (χ4n) is 2.21. The SMILES string of the molecule is O=C(c1cc(F)cc(F)c1)c1c[nH]nc1-c1cc(F)cc(F)c1. The number of ketones is 1. The van der Waals surface area contributed by atoms with Crippen molar-refractivity contribution < 1.29 is 22.4 Å². The molecule has 0 saturated carbocycles. The number of hydrogen-bond acceptors (Lipinski definition) is 2. The second kappa shape index (κ2) is 5.68. The monoisotopic (exact) mass is 320 g/mol. The van der Waals surface area contributed by atoms with Crippen LogP contribution in [-0.2, 0) is 0 Å². The van der Waals surface area contributed by atoms with Crippen LogP contribution in [0.15, 0.2) is 42.6 Å². The van der Waals surface area contributed by atoms with Gasteiger partial charge in [0.2, 0.25) is 0 Å². The number of carbonyl (C=O) groups is 1. The summed E-state index contributed by atoms with van der Waals surface area (Å²) in [5.74, 6) is -4.21. The number of H-pyrrole nitrogens is 1. The molecular formula is C16H8F4N2O. The van der Waals surface area contributed by atoms with E-state index in [1.54, 1.807) is 0 Å². The highest BCUT2D eigenvalue weighted by molar-refractivity contribution is 6.12. The molecule has 0 aliphatic rings. The first-order chi connectivity index (χ1) is 10.9. The summed E-state index contributed by atoms with van der Waals surface area (Å²) in [6.45, 7) is 0. The summed E-state index contributed by atoms with van der Waals surface area (Å²) in [4.78, 5) is 12.4. The first kappa shape index (κ1) is 15.0. The van der Waals surface area contributed by atoms with Crippen LogP contribution in [0.1, 0.15) is 15.9 Å². The Morgan fingerprint density at radius 3 is 1.91 bits per heavy atom. The second-order valence-corrected chi connectivity index (χ2v) is 4.79. The maximum absolute atomic E-state index is 13.3. The maximum Gasteiger partial charge on any atom is 0.197 e. The molecule has 1 N–H and O–H groups in total. The van der Waals surface area contributed by atoms with Gasteiger partial charge in [-0.2, -0.15) is 5.10 Å². The zero-order chi connectivity index (χ0) is 16.6. The zero-order valence-corrected chi connectivity index (χ0v) is 11.4. The van der Waals surface area contributed by atoms with Crippen molar-refractivity contribution in [2.24, 2.45) is 0 Å². The number of hydrogen-bond donors (Lipinski definition) is 1. The Hall–Kier alpha value is -2.96. The van der Waals surface area contributed by atoms with Crippen molar-refractivity contribution >= 4 is 5.78 Å². The maximum atomic E-state index is 13.3. The van der Waals surface area contributed by atoms with E-state index in [4.69, 9.17) is 0 Å². The van der Waals surface area contributed by atoms with Gasteiger partial charge in [0.05, 0.1) is 5.56 Å². The van der Waals surface area contributed by atoms with Crippen molar-refractivity contribution in [2.75, 3.05) is 0 Å². The number of aromatic nitrogens is 2. The molecule has 0 saturated heterocycles. The summed E-state index contributed by atoms with van der Waals surface area (Å²) in [7, 11) is 0. The molecule has 0 aliphatic heterocycles. The quantitative estimate of drug-likeness (QED) is 0.588. The number of benzene rings is 2. The van der Waals surface area contributed by atoms with Gasteiger partial charge < -0.3 is 0 Å². The molecule has 23 heavy (non-hydrogen) atoms. The van der Waals surface area contributed by atoms with Gasteiger partial charge in [-0.3, -0.25) is 9.89 Å². The molecule has 0 atom stereocenters. The number of carbonyl (C=O) groups excluding carboxylic acids is 1. The van der Waals surface area contributed by atoms with E-state index >= 15 is 0 Å². The van der Waals surface area contributed by atoms with E-state index in [1.807, 2.05) is 0 Å². The number of nitrogens with zero attached hydrogens (tertiary/aromatic N) is 1. The Morgan fingerprint density at radius 2 is 1.35 bits per heavy atom. The van der Waals surface area contributed by atoms with Crippen molar-refractivity contribution in [3.8, 4) is 11.3 Å². The molecule has 3 aromatic rings. The van der Waals surface area contributed by atoms with E-state index < -0.39 is 29.1 Å². The number of halogens is 4. The smallest absolute Gasteiger partial charge is 0.197 e. The molecule has 3 rings (SSSR count). The Bertz CT molecular complexity index is 864. The van der Waals surface area contributed by atoms with Crippen LogP contribution < -0.4 is 0 Å². The Morgan fingerprint density at radius 1 is 0.826 bits per heavy atom. The summed E-state index contributed by atoms with van der Waals surface area (Å²) >= 11 is 0. The topological polar surface area (TPSA) is 45.8 Å². The molecule has 0 radical (unpaired) electrons. The normalized spacial score (nSPS) is 10.8. The highest BCUT2D eigenvalue weighted by atomic mass is 19.1. The van der Waals surface area contributed by atoms with E-state index in [0.29, 0.717) is 12.1 Å². The number of nitrogens with one attached hydrogen (secondary N) is 1. The van der Waals surface area contributed by atoms with E-state index in [2.05, 4.69) is 10.2 Å². The molecular weight excluding hydrogens is 312 g/mol. The van der Waals surface area contributed by atoms with Crippen molar-refractivity contribution in [2.45, 2.75) is 0 Å².